The van der Waals surface area contributed by atoms with E-state index in [1.165, 1.54) is 10.6 Å². The number of nitrogens with two attached hydrogens (primary N) is 1. The molecule has 1 aliphatic heterocycles. The summed E-state index contributed by atoms with van der Waals surface area (Å²) in [5, 5.41) is 8.42. The van der Waals surface area contributed by atoms with Crippen molar-refractivity contribution in [3.05, 3.63) is 71.4 Å². The molecule has 2 aliphatic rings. The summed E-state index contributed by atoms with van der Waals surface area (Å²) >= 11 is 0. The summed E-state index contributed by atoms with van der Waals surface area (Å²) in [5.74, 6) is -0.251. The molecular weight excluding hydrogens is 559 g/mol. The minimum atomic E-state index is -0.481. The Morgan fingerprint density at radius 1 is 1.14 bits per heavy atom. The second kappa shape index (κ2) is 11.1. The molecule has 44 heavy (non-hydrogen) atoms. The molecule has 226 valence electrons. The smallest absolute Gasteiger partial charge is 0.255 e. The highest BCUT2D eigenvalue weighted by Gasteiger charge is 2.28. The number of likely N-dealkylation sites (N-methyl/N-ethyl adjacent to an activating group) is 1. The maximum absolute atomic E-state index is 15.6. The van der Waals surface area contributed by atoms with Crippen LogP contribution in [0.4, 0.5) is 4.39 Å². The maximum Gasteiger partial charge on any atom is 0.255 e. The molecule has 1 aliphatic carbocycles. The molecule has 10 nitrogen and oxygen atoms in total. The van der Waals surface area contributed by atoms with Crippen molar-refractivity contribution in [1.29, 1.82) is 0 Å². The summed E-state index contributed by atoms with van der Waals surface area (Å²) in [5.41, 5.74) is 12.1. The van der Waals surface area contributed by atoms with Crippen LogP contribution in [0.2, 0.25) is 0 Å². The third-order valence-electron chi connectivity index (χ3n) is 8.77. The van der Waals surface area contributed by atoms with Crippen LogP contribution < -0.4 is 11.1 Å². The highest BCUT2D eigenvalue weighted by molar-refractivity contribution is 5.95. The Balaban J connectivity index is 1.28. The second-order valence-corrected chi connectivity index (χ2v) is 12.1. The topological polar surface area (TPSA) is 123 Å². The molecule has 5 aromatic heterocycles. The first-order chi connectivity index (χ1) is 21.3. The molecule has 0 radical (unpaired) electrons. The summed E-state index contributed by atoms with van der Waals surface area (Å²) in [4.78, 5) is 36.2. The van der Waals surface area contributed by atoms with Gasteiger partial charge in [-0.1, -0.05) is 0 Å². The number of nitrogens with zero attached hydrogens (tertiary/aromatic N) is 6. The second-order valence-electron chi connectivity index (χ2n) is 12.1. The largest absolute Gasteiger partial charge is 0.359 e. The molecule has 2 amide bonds. The van der Waals surface area contributed by atoms with Crippen molar-refractivity contribution < 1.29 is 14.0 Å². The van der Waals surface area contributed by atoms with E-state index in [-0.39, 0.29) is 29.8 Å². The Morgan fingerprint density at radius 3 is 2.70 bits per heavy atom. The van der Waals surface area contributed by atoms with Gasteiger partial charge in [-0.3, -0.25) is 14.6 Å². The Morgan fingerprint density at radius 2 is 1.98 bits per heavy atom. The average Bonchev–Trinajstić information content (AvgIpc) is 3.69. The number of hydrogen-bond donors (Lipinski definition) is 2. The molecule has 5 aromatic rings. The van der Waals surface area contributed by atoms with Crippen LogP contribution in [-0.2, 0) is 17.8 Å². The van der Waals surface area contributed by atoms with Gasteiger partial charge in [0.15, 0.2) is 0 Å². The van der Waals surface area contributed by atoms with Gasteiger partial charge < -0.3 is 20.5 Å². The lowest BCUT2D eigenvalue weighted by Crippen LogP contribution is -2.45. The zero-order valence-electron chi connectivity index (χ0n) is 24.9. The van der Waals surface area contributed by atoms with Gasteiger partial charge in [-0.05, 0) is 74.9 Å². The molecule has 1 saturated carbocycles. The van der Waals surface area contributed by atoms with Gasteiger partial charge in [0.1, 0.15) is 22.7 Å². The molecule has 1 atom stereocenters. The minimum Gasteiger partial charge on any atom is -0.359 e. The quantitative estimate of drug-likeness (QED) is 0.292. The summed E-state index contributed by atoms with van der Waals surface area (Å²) in [7, 11) is 1.61. The van der Waals surface area contributed by atoms with Crippen LogP contribution in [0.15, 0.2) is 48.8 Å². The number of halogens is 1. The zero-order valence-corrected chi connectivity index (χ0v) is 24.9. The summed E-state index contributed by atoms with van der Waals surface area (Å²) in [6.45, 7) is 3.74. The van der Waals surface area contributed by atoms with E-state index in [1.807, 2.05) is 31.2 Å². The number of hydrogen-bond acceptors (Lipinski definition) is 6. The first-order valence-corrected chi connectivity index (χ1v) is 15.2. The van der Waals surface area contributed by atoms with E-state index in [9.17, 15) is 9.59 Å². The Bertz CT molecular complexity index is 1910. The van der Waals surface area contributed by atoms with Gasteiger partial charge in [0, 0.05) is 67.3 Å². The normalized spacial score (nSPS) is 17.0. The Labute approximate surface area is 254 Å². The van der Waals surface area contributed by atoms with E-state index >= 15 is 4.39 Å². The summed E-state index contributed by atoms with van der Waals surface area (Å²) < 4.78 is 19.3. The van der Waals surface area contributed by atoms with Gasteiger partial charge in [-0.15, -0.1) is 0 Å². The molecule has 2 fully saturated rings. The number of piperidine rings is 1. The van der Waals surface area contributed by atoms with Gasteiger partial charge in [-0.2, -0.15) is 5.10 Å². The molecule has 0 bridgehead atoms. The summed E-state index contributed by atoms with van der Waals surface area (Å²) in [6, 6.07) is 11.1. The van der Waals surface area contributed by atoms with Crippen LogP contribution >= 0.6 is 0 Å². The van der Waals surface area contributed by atoms with E-state index in [0.29, 0.717) is 41.5 Å². The van der Waals surface area contributed by atoms with Gasteiger partial charge >= 0.3 is 0 Å². The number of aromatic nitrogens is 5. The van der Waals surface area contributed by atoms with E-state index in [2.05, 4.69) is 20.9 Å². The molecule has 7 rings (SSSR count). The number of fused-ring (bicyclic) bond motifs is 2. The fourth-order valence-corrected chi connectivity index (χ4v) is 6.17. The standard InChI is InChI=1S/C33H35FN8O2/c1-19-30(39-42-17-23(12-26(34)31(19)42)33(44)40-11-3-4-24(35)18-40)28-13-21-8-10-27(38-32(21)41(28)16-20-5-6-20)22-7-9-25(37-15-22)14-29(43)36-2/h7-10,12-13,15,17,20,24H,3-6,11,14,16,18,35H2,1-2H3,(H,36,43)/t24-/m1/s1. The lowest BCUT2D eigenvalue weighted by Gasteiger charge is -2.30. The van der Waals surface area contributed by atoms with Crippen molar-refractivity contribution in [1.82, 2.24) is 34.4 Å². The molecule has 11 heteroatoms. The minimum absolute atomic E-state index is 0.0630. The first-order valence-electron chi connectivity index (χ1n) is 15.2. The molecule has 0 unspecified atom stereocenters. The molecular formula is C33H35FN8O2. The molecule has 6 heterocycles. The number of aryl methyl sites for hydroxylation is 1. The molecule has 0 aromatic carbocycles. The van der Waals surface area contributed by atoms with Crippen molar-refractivity contribution in [2.45, 2.75) is 51.6 Å². The average molecular weight is 595 g/mol. The van der Waals surface area contributed by atoms with Crippen LogP contribution in [0.25, 0.3) is 39.2 Å². The molecule has 3 N–H and O–H groups in total. The molecule has 0 spiro atoms. The lowest BCUT2D eigenvalue weighted by molar-refractivity contribution is -0.120. The van der Waals surface area contributed by atoms with Crippen molar-refractivity contribution in [3.63, 3.8) is 0 Å². The number of nitrogens with one attached hydrogen (secondary N) is 1. The van der Waals surface area contributed by atoms with Crippen molar-refractivity contribution in [3.8, 4) is 22.6 Å². The van der Waals surface area contributed by atoms with E-state index in [0.717, 1.165) is 60.2 Å². The number of carbonyl (C=O) groups excluding carboxylic acids is 2. The first kappa shape index (κ1) is 28.1. The van der Waals surface area contributed by atoms with Crippen molar-refractivity contribution in [2.75, 3.05) is 20.1 Å². The fourth-order valence-electron chi connectivity index (χ4n) is 6.17. The monoisotopic (exact) mass is 594 g/mol. The fraction of sp³-hybridized carbons (Fsp3) is 0.364. The number of amides is 2. The van der Waals surface area contributed by atoms with Crippen LogP contribution in [0, 0.1) is 18.7 Å². The van der Waals surface area contributed by atoms with E-state index in [4.69, 9.17) is 15.8 Å². The number of likely N-dealkylation sites (tertiary alicyclic amines) is 1. The summed E-state index contributed by atoms with van der Waals surface area (Å²) in [6.07, 6.45) is 7.61. The van der Waals surface area contributed by atoms with Crippen molar-refractivity contribution >= 4 is 28.4 Å². The number of carbonyl (C=O) groups is 2. The predicted molar refractivity (Wildman–Crippen MR) is 165 cm³/mol. The van der Waals surface area contributed by atoms with Crippen LogP contribution in [-0.4, -0.2) is 67.0 Å². The van der Waals surface area contributed by atoms with Gasteiger partial charge in [0.25, 0.3) is 5.91 Å². The van der Waals surface area contributed by atoms with Gasteiger partial charge in [-0.25, -0.2) is 13.9 Å². The van der Waals surface area contributed by atoms with Crippen LogP contribution in [0.3, 0.4) is 0 Å². The maximum atomic E-state index is 15.6. The van der Waals surface area contributed by atoms with Gasteiger partial charge in [0.2, 0.25) is 5.91 Å². The number of pyridine rings is 3. The van der Waals surface area contributed by atoms with Crippen LogP contribution in [0.1, 0.15) is 47.3 Å². The molecule has 1 saturated heterocycles. The highest BCUT2D eigenvalue weighted by atomic mass is 19.1. The SMILES string of the molecule is CNC(=O)Cc1ccc(-c2ccc3cc(-c4nn5cc(C(=O)N6CCC[C@@H](N)C6)cc(F)c5c4C)n(CC4CC4)c3n2)cn1. The third kappa shape index (κ3) is 5.21. The van der Waals surface area contributed by atoms with Crippen LogP contribution in [0.5, 0.6) is 0 Å². The Hall–Kier alpha value is -4.64. The van der Waals surface area contributed by atoms with E-state index in [1.54, 1.807) is 24.3 Å². The zero-order chi connectivity index (χ0) is 30.5. The van der Waals surface area contributed by atoms with Crippen molar-refractivity contribution in [2.24, 2.45) is 11.7 Å². The third-order valence-corrected chi connectivity index (χ3v) is 8.77. The van der Waals surface area contributed by atoms with Gasteiger partial charge in [0.05, 0.1) is 23.4 Å². The Kier molecular flexibility index (Phi) is 7.12. The number of rotatable bonds is 7. The van der Waals surface area contributed by atoms with E-state index < -0.39 is 5.82 Å². The predicted octanol–water partition coefficient (Wildman–Crippen LogP) is 4.12. The highest BCUT2D eigenvalue weighted by Crippen LogP contribution is 2.37. The lowest BCUT2D eigenvalue weighted by atomic mass is 10.1.